The largest absolute Gasteiger partial charge is 0.312 e. The molecule has 0 aliphatic heterocycles. The van der Waals surface area contributed by atoms with Gasteiger partial charge in [-0.25, -0.2) is 0 Å². The van der Waals surface area contributed by atoms with Crippen LogP contribution in [0.15, 0.2) is 48.5 Å². The molecule has 0 heterocycles. The van der Waals surface area contributed by atoms with Crippen molar-refractivity contribution in [3.8, 4) is 0 Å². The highest BCUT2D eigenvalue weighted by atomic mass is 35.5. The monoisotopic (exact) mass is 590 g/mol. The summed E-state index contributed by atoms with van der Waals surface area (Å²) in [6.07, 6.45) is 21.6. The van der Waals surface area contributed by atoms with Crippen LogP contribution in [0.1, 0.15) is 126 Å². The molecule has 0 amide bonds. The Labute approximate surface area is 260 Å². The third-order valence-corrected chi connectivity index (χ3v) is 8.72. The van der Waals surface area contributed by atoms with E-state index < -0.39 is 0 Å². The summed E-state index contributed by atoms with van der Waals surface area (Å²) >= 11 is 0. The standard InChI is InChI=1S/C36H58N2.2ClH/c1-3-5-7-9-11-20-33-22-13-15-24-35(33)29-37-27-31-18-17-19-32(26-31)28-38-30-36-25-16-14-23-34(36)21-12-10-8-6-4-2;;/h13-16,22-25,31-32,37-38H,3-12,17-21,26-30H2,1-2H3;2*1H. The number of aryl methyl sites for hydroxylation is 2. The Bertz CT molecular complexity index is 802. The summed E-state index contributed by atoms with van der Waals surface area (Å²) in [5.74, 6) is 1.65. The number of unbranched alkanes of at least 4 members (excludes halogenated alkanes) is 8. The Kier molecular flexibility index (Phi) is 21.7. The highest BCUT2D eigenvalue weighted by molar-refractivity contribution is 5.85. The van der Waals surface area contributed by atoms with Gasteiger partial charge in [0.2, 0.25) is 0 Å². The molecule has 3 rings (SSSR count). The lowest BCUT2D eigenvalue weighted by Gasteiger charge is -2.30. The van der Waals surface area contributed by atoms with Gasteiger partial charge in [0.25, 0.3) is 0 Å². The van der Waals surface area contributed by atoms with Gasteiger partial charge in [-0.15, -0.1) is 24.8 Å². The fourth-order valence-electron chi connectivity index (χ4n) is 6.38. The smallest absolute Gasteiger partial charge is 0.0208 e. The highest BCUT2D eigenvalue weighted by Crippen LogP contribution is 2.28. The second-order valence-electron chi connectivity index (χ2n) is 12.0. The Balaban J connectivity index is 0.00000400. The summed E-state index contributed by atoms with van der Waals surface area (Å²) in [6.45, 7) is 8.98. The van der Waals surface area contributed by atoms with E-state index in [9.17, 15) is 0 Å². The molecular weight excluding hydrogens is 531 g/mol. The predicted octanol–water partition coefficient (Wildman–Crippen LogP) is 10.2. The molecular formula is C36H60Cl2N2. The van der Waals surface area contributed by atoms with Gasteiger partial charge in [0.05, 0.1) is 0 Å². The maximum absolute atomic E-state index is 3.84. The van der Waals surface area contributed by atoms with E-state index in [0.29, 0.717) is 0 Å². The van der Waals surface area contributed by atoms with Crippen molar-refractivity contribution >= 4 is 24.8 Å². The molecule has 0 saturated heterocycles. The zero-order valence-electron chi connectivity index (χ0n) is 25.7. The fraction of sp³-hybridized carbons (Fsp3) is 0.667. The predicted molar refractivity (Wildman–Crippen MR) is 181 cm³/mol. The Morgan fingerprint density at radius 2 is 0.950 bits per heavy atom. The van der Waals surface area contributed by atoms with Gasteiger partial charge >= 0.3 is 0 Å². The highest BCUT2D eigenvalue weighted by Gasteiger charge is 2.21. The molecule has 0 aromatic heterocycles. The van der Waals surface area contributed by atoms with E-state index in [1.54, 1.807) is 11.1 Å². The average Bonchev–Trinajstić information content (AvgIpc) is 2.94. The molecule has 0 spiro atoms. The Morgan fingerprint density at radius 3 is 1.38 bits per heavy atom. The van der Waals surface area contributed by atoms with Crippen LogP contribution in [0.5, 0.6) is 0 Å². The van der Waals surface area contributed by atoms with E-state index in [4.69, 9.17) is 0 Å². The van der Waals surface area contributed by atoms with Gasteiger partial charge < -0.3 is 10.6 Å². The minimum atomic E-state index is 0. The number of hydrogen-bond donors (Lipinski definition) is 2. The van der Waals surface area contributed by atoms with Gasteiger partial charge in [-0.2, -0.15) is 0 Å². The van der Waals surface area contributed by atoms with E-state index in [0.717, 1.165) is 24.9 Å². The van der Waals surface area contributed by atoms with Crippen LogP contribution in [0, 0.1) is 11.8 Å². The molecule has 1 aliphatic rings. The first-order valence-corrected chi connectivity index (χ1v) is 16.3. The van der Waals surface area contributed by atoms with Gasteiger partial charge in [-0.05, 0) is 92.1 Å². The Morgan fingerprint density at radius 1 is 0.550 bits per heavy atom. The van der Waals surface area contributed by atoms with Crippen LogP contribution in [-0.2, 0) is 25.9 Å². The lowest BCUT2D eigenvalue weighted by atomic mass is 9.81. The minimum absolute atomic E-state index is 0. The summed E-state index contributed by atoms with van der Waals surface area (Å²) in [5.41, 5.74) is 6.15. The van der Waals surface area contributed by atoms with Gasteiger partial charge in [-0.1, -0.05) is 120 Å². The van der Waals surface area contributed by atoms with E-state index in [1.165, 1.54) is 127 Å². The lowest BCUT2D eigenvalue weighted by Crippen LogP contribution is -2.31. The Hall–Kier alpha value is -1.06. The van der Waals surface area contributed by atoms with Crippen molar-refractivity contribution in [3.63, 3.8) is 0 Å². The molecule has 40 heavy (non-hydrogen) atoms. The first kappa shape index (κ1) is 37.0. The maximum atomic E-state index is 3.84. The summed E-state index contributed by atoms with van der Waals surface area (Å²) in [6, 6.07) is 18.2. The maximum Gasteiger partial charge on any atom is 0.0208 e. The lowest BCUT2D eigenvalue weighted by molar-refractivity contribution is 0.252. The zero-order chi connectivity index (χ0) is 26.7. The van der Waals surface area contributed by atoms with Crippen LogP contribution >= 0.6 is 24.8 Å². The van der Waals surface area contributed by atoms with E-state index in [2.05, 4.69) is 73.0 Å². The summed E-state index contributed by atoms with van der Waals surface area (Å²) in [7, 11) is 0. The minimum Gasteiger partial charge on any atom is -0.312 e. The summed E-state index contributed by atoms with van der Waals surface area (Å²) < 4.78 is 0. The number of rotatable bonds is 20. The normalized spacial score (nSPS) is 16.8. The van der Waals surface area contributed by atoms with Crippen molar-refractivity contribution in [3.05, 3.63) is 70.8 Å². The second kappa shape index (κ2) is 23.5. The molecule has 2 aromatic rings. The summed E-state index contributed by atoms with van der Waals surface area (Å²) in [4.78, 5) is 0. The van der Waals surface area contributed by atoms with Gasteiger partial charge in [0.15, 0.2) is 0 Å². The molecule has 0 radical (unpaired) electrons. The number of benzene rings is 2. The topological polar surface area (TPSA) is 24.1 Å². The van der Waals surface area contributed by atoms with Crippen LogP contribution < -0.4 is 10.6 Å². The molecule has 1 saturated carbocycles. The molecule has 1 aliphatic carbocycles. The van der Waals surface area contributed by atoms with Crippen LogP contribution in [0.4, 0.5) is 0 Å². The molecule has 2 atom stereocenters. The molecule has 2 aromatic carbocycles. The van der Waals surface area contributed by atoms with Gasteiger partial charge in [0.1, 0.15) is 0 Å². The molecule has 2 N–H and O–H groups in total. The molecule has 2 unspecified atom stereocenters. The van der Waals surface area contributed by atoms with Crippen LogP contribution in [0.25, 0.3) is 0 Å². The molecule has 228 valence electrons. The van der Waals surface area contributed by atoms with Crippen molar-refractivity contribution in [2.75, 3.05) is 13.1 Å². The third-order valence-electron chi connectivity index (χ3n) is 8.72. The number of halogens is 2. The summed E-state index contributed by atoms with van der Waals surface area (Å²) in [5, 5.41) is 7.69. The van der Waals surface area contributed by atoms with Crippen molar-refractivity contribution in [1.82, 2.24) is 10.6 Å². The van der Waals surface area contributed by atoms with E-state index in [1.807, 2.05) is 0 Å². The average molecular weight is 592 g/mol. The molecule has 1 fully saturated rings. The van der Waals surface area contributed by atoms with Gasteiger partial charge in [-0.3, -0.25) is 0 Å². The first-order valence-electron chi connectivity index (χ1n) is 16.3. The van der Waals surface area contributed by atoms with Crippen molar-refractivity contribution < 1.29 is 0 Å². The number of nitrogens with one attached hydrogen (secondary N) is 2. The quantitative estimate of drug-likeness (QED) is 0.150. The van der Waals surface area contributed by atoms with Gasteiger partial charge in [0, 0.05) is 13.1 Å². The molecule has 2 nitrogen and oxygen atoms in total. The van der Waals surface area contributed by atoms with Crippen molar-refractivity contribution in [2.24, 2.45) is 11.8 Å². The van der Waals surface area contributed by atoms with E-state index >= 15 is 0 Å². The SMILES string of the molecule is CCCCCCCc1ccccc1CNCC1CCCC(CNCc2ccccc2CCCCCCC)C1.Cl.Cl. The third kappa shape index (κ3) is 14.7. The molecule has 4 heteroatoms. The van der Waals surface area contributed by atoms with E-state index in [-0.39, 0.29) is 24.8 Å². The molecule has 0 bridgehead atoms. The number of hydrogen-bond acceptors (Lipinski definition) is 2. The van der Waals surface area contributed by atoms with Crippen LogP contribution in [-0.4, -0.2) is 13.1 Å². The second-order valence-corrected chi connectivity index (χ2v) is 12.0. The fourth-order valence-corrected chi connectivity index (χ4v) is 6.38. The van der Waals surface area contributed by atoms with Crippen molar-refractivity contribution in [2.45, 2.75) is 130 Å². The van der Waals surface area contributed by atoms with Crippen LogP contribution in [0.2, 0.25) is 0 Å². The van der Waals surface area contributed by atoms with Crippen LogP contribution in [0.3, 0.4) is 0 Å². The zero-order valence-corrected chi connectivity index (χ0v) is 27.4. The van der Waals surface area contributed by atoms with Crippen molar-refractivity contribution in [1.29, 1.82) is 0 Å². The first-order chi connectivity index (χ1) is 18.8.